The van der Waals surface area contributed by atoms with Gasteiger partial charge >= 0.3 is 0 Å². The second kappa shape index (κ2) is 6.13. The summed E-state index contributed by atoms with van der Waals surface area (Å²) < 4.78 is 0. The number of aromatic nitrogens is 1. The molecule has 1 fully saturated rings. The number of nitrogens with zero attached hydrogens (tertiary/aromatic N) is 1. The van der Waals surface area contributed by atoms with Gasteiger partial charge in [0.2, 0.25) is 0 Å². The molecule has 2 heterocycles. The summed E-state index contributed by atoms with van der Waals surface area (Å²) in [5.41, 5.74) is 4.23. The van der Waals surface area contributed by atoms with E-state index in [4.69, 9.17) is 0 Å². The molecular weight excluding hydrogens is 274 g/mol. The van der Waals surface area contributed by atoms with E-state index >= 15 is 0 Å². The van der Waals surface area contributed by atoms with Gasteiger partial charge in [-0.1, -0.05) is 6.92 Å². The third-order valence-electron chi connectivity index (χ3n) is 4.97. The molecule has 1 aliphatic rings. The molecule has 3 rings (SSSR count). The Morgan fingerprint density at radius 3 is 3.00 bits per heavy atom. The van der Waals surface area contributed by atoms with Crippen molar-refractivity contribution in [2.24, 2.45) is 0 Å². The molecule has 1 aromatic carbocycles. The highest BCUT2D eigenvalue weighted by Crippen LogP contribution is 2.22. The van der Waals surface area contributed by atoms with Crippen LogP contribution in [0.1, 0.15) is 41.4 Å². The molecule has 2 N–H and O–H groups in total. The Labute approximate surface area is 131 Å². The van der Waals surface area contributed by atoms with Gasteiger partial charge < -0.3 is 10.3 Å². The van der Waals surface area contributed by atoms with Crippen molar-refractivity contribution in [3.63, 3.8) is 0 Å². The van der Waals surface area contributed by atoms with Crippen molar-refractivity contribution in [3.8, 4) is 0 Å². The van der Waals surface area contributed by atoms with Crippen LogP contribution in [0.4, 0.5) is 0 Å². The lowest BCUT2D eigenvalue weighted by Gasteiger charge is -2.22. The van der Waals surface area contributed by atoms with E-state index in [0.29, 0.717) is 6.04 Å². The number of nitrogens with one attached hydrogen (secondary N) is 2. The van der Waals surface area contributed by atoms with Crippen LogP contribution in [0.5, 0.6) is 0 Å². The van der Waals surface area contributed by atoms with E-state index < -0.39 is 0 Å². The van der Waals surface area contributed by atoms with Gasteiger partial charge in [-0.05, 0) is 63.5 Å². The molecular formula is C18H25N3O. The second-order valence-electron chi connectivity index (χ2n) is 6.27. The SMILES string of the molecule is CCN1CCCC1CNC(=O)c1ccc2[nH]c(C)c(C)c2c1. The molecule has 1 amide bonds. The molecule has 4 heteroatoms. The molecule has 0 bridgehead atoms. The van der Waals surface area contributed by atoms with E-state index in [9.17, 15) is 4.79 Å². The van der Waals surface area contributed by atoms with Crippen LogP contribution >= 0.6 is 0 Å². The second-order valence-corrected chi connectivity index (χ2v) is 6.27. The van der Waals surface area contributed by atoms with Crippen LogP contribution in [0, 0.1) is 13.8 Å². The number of likely N-dealkylation sites (N-methyl/N-ethyl adjacent to an activating group) is 1. The minimum atomic E-state index is 0.0307. The number of benzene rings is 1. The lowest BCUT2D eigenvalue weighted by Crippen LogP contribution is -2.40. The number of amides is 1. The van der Waals surface area contributed by atoms with Gasteiger partial charge in [-0.3, -0.25) is 9.69 Å². The molecule has 0 radical (unpaired) electrons. The van der Waals surface area contributed by atoms with E-state index in [0.717, 1.165) is 41.8 Å². The van der Waals surface area contributed by atoms with Crippen molar-refractivity contribution in [3.05, 3.63) is 35.0 Å². The Kier molecular flexibility index (Phi) is 4.21. The van der Waals surface area contributed by atoms with Crippen LogP contribution in [0.25, 0.3) is 10.9 Å². The van der Waals surface area contributed by atoms with Gasteiger partial charge in [0, 0.05) is 34.7 Å². The number of carbonyl (C=O) groups is 1. The van der Waals surface area contributed by atoms with Crippen molar-refractivity contribution in [2.45, 2.75) is 39.7 Å². The number of likely N-dealkylation sites (tertiary alicyclic amines) is 1. The molecule has 4 nitrogen and oxygen atoms in total. The fraction of sp³-hybridized carbons (Fsp3) is 0.500. The molecule has 22 heavy (non-hydrogen) atoms. The van der Waals surface area contributed by atoms with Gasteiger partial charge in [-0.15, -0.1) is 0 Å². The molecule has 1 aromatic heterocycles. The van der Waals surface area contributed by atoms with Gasteiger partial charge in [-0.2, -0.15) is 0 Å². The zero-order valence-corrected chi connectivity index (χ0v) is 13.7. The first-order chi connectivity index (χ1) is 10.6. The van der Waals surface area contributed by atoms with E-state index in [1.807, 2.05) is 18.2 Å². The molecule has 0 saturated carbocycles. The minimum absolute atomic E-state index is 0.0307. The Bertz CT molecular complexity index is 689. The van der Waals surface area contributed by atoms with Gasteiger partial charge in [0.25, 0.3) is 5.91 Å². The maximum atomic E-state index is 12.4. The molecule has 1 atom stereocenters. The molecule has 1 aliphatic heterocycles. The lowest BCUT2D eigenvalue weighted by atomic mass is 10.1. The van der Waals surface area contributed by atoms with E-state index in [-0.39, 0.29) is 5.91 Å². The van der Waals surface area contributed by atoms with E-state index in [2.05, 4.69) is 36.0 Å². The molecule has 0 aliphatic carbocycles. The topological polar surface area (TPSA) is 48.1 Å². The van der Waals surface area contributed by atoms with Crippen LogP contribution < -0.4 is 5.32 Å². The highest BCUT2D eigenvalue weighted by Gasteiger charge is 2.23. The van der Waals surface area contributed by atoms with Crippen LogP contribution in [0.2, 0.25) is 0 Å². The van der Waals surface area contributed by atoms with E-state index in [1.165, 1.54) is 18.4 Å². The Balaban J connectivity index is 1.71. The number of fused-ring (bicyclic) bond motifs is 1. The van der Waals surface area contributed by atoms with Crippen LogP contribution in [0.15, 0.2) is 18.2 Å². The molecule has 2 aromatic rings. The number of rotatable bonds is 4. The van der Waals surface area contributed by atoms with Gasteiger partial charge in [0.1, 0.15) is 0 Å². The van der Waals surface area contributed by atoms with Crippen molar-refractivity contribution < 1.29 is 4.79 Å². The van der Waals surface area contributed by atoms with Crippen molar-refractivity contribution in [1.82, 2.24) is 15.2 Å². The monoisotopic (exact) mass is 299 g/mol. The number of hydrogen-bond acceptors (Lipinski definition) is 2. The largest absolute Gasteiger partial charge is 0.358 e. The standard InChI is InChI=1S/C18H25N3O/c1-4-21-9-5-6-15(21)11-19-18(22)14-7-8-17-16(10-14)12(2)13(3)20-17/h7-8,10,15,20H,4-6,9,11H2,1-3H3,(H,19,22). The van der Waals surface area contributed by atoms with Crippen molar-refractivity contribution >= 4 is 16.8 Å². The first kappa shape index (κ1) is 15.1. The predicted octanol–water partition coefficient (Wildman–Crippen LogP) is 3.00. The van der Waals surface area contributed by atoms with Crippen molar-refractivity contribution in [1.29, 1.82) is 0 Å². The predicted molar refractivity (Wildman–Crippen MR) is 90.4 cm³/mol. The Morgan fingerprint density at radius 2 is 2.23 bits per heavy atom. The summed E-state index contributed by atoms with van der Waals surface area (Å²) in [5, 5.41) is 4.25. The summed E-state index contributed by atoms with van der Waals surface area (Å²) in [6, 6.07) is 6.39. The minimum Gasteiger partial charge on any atom is -0.358 e. The highest BCUT2D eigenvalue weighted by atomic mass is 16.1. The summed E-state index contributed by atoms with van der Waals surface area (Å²) in [6.07, 6.45) is 2.42. The third kappa shape index (κ3) is 2.75. The summed E-state index contributed by atoms with van der Waals surface area (Å²) in [4.78, 5) is 18.2. The molecule has 1 saturated heterocycles. The fourth-order valence-corrected chi connectivity index (χ4v) is 3.46. The maximum Gasteiger partial charge on any atom is 0.251 e. The van der Waals surface area contributed by atoms with Crippen LogP contribution in [-0.4, -0.2) is 41.5 Å². The third-order valence-corrected chi connectivity index (χ3v) is 4.97. The normalized spacial score (nSPS) is 19.0. The van der Waals surface area contributed by atoms with Gasteiger partial charge in [0.05, 0.1) is 0 Å². The molecule has 1 unspecified atom stereocenters. The zero-order valence-electron chi connectivity index (χ0n) is 13.7. The number of aryl methyl sites for hydroxylation is 2. The van der Waals surface area contributed by atoms with Crippen LogP contribution in [0.3, 0.4) is 0 Å². The number of H-pyrrole nitrogens is 1. The lowest BCUT2D eigenvalue weighted by molar-refractivity contribution is 0.0941. The van der Waals surface area contributed by atoms with Gasteiger partial charge in [0.15, 0.2) is 0 Å². The fourth-order valence-electron chi connectivity index (χ4n) is 3.46. The molecule has 0 spiro atoms. The molecule has 118 valence electrons. The summed E-state index contributed by atoms with van der Waals surface area (Å²) in [5.74, 6) is 0.0307. The average molecular weight is 299 g/mol. The Morgan fingerprint density at radius 1 is 1.41 bits per heavy atom. The quantitative estimate of drug-likeness (QED) is 0.912. The Hall–Kier alpha value is -1.81. The highest BCUT2D eigenvalue weighted by molar-refractivity contribution is 5.99. The number of carbonyl (C=O) groups excluding carboxylic acids is 1. The smallest absolute Gasteiger partial charge is 0.251 e. The summed E-state index contributed by atoms with van der Waals surface area (Å²) >= 11 is 0. The maximum absolute atomic E-state index is 12.4. The van der Waals surface area contributed by atoms with Crippen LogP contribution in [-0.2, 0) is 0 Å². The summed E-state index contributed by atoms with van der Waals surface area (Å²) in [7, 11) is 0. The van der Waals surface area contributed by atoms with E-state index in [1.54, 1.807) is 0 Å². The first-order valence-electron chi connectivity index (χ1n) is 8.21. The van der Waals surface area contributed by atoms with Gasteiger partial charge in [-0.25, -0.2) is 0 Å². The number of aromatic amines is 1. The summed E-state index contributed by atoms with van der Waals surface area (Å²) in [6.45, 7) is 9.31. The zero-order chi connectivity index (χ0) is 15.7. The number of hydrogen-bond donors (Lipinski definition) is 2. The average Bonchev–Trinajstić information content (AvgIpc) is 3.09. The first-order valence-corrected chi connectivity index (χ1v) is 8.21. The van der Waals surface area contributed by atoms with Crippen molar-refractivity contribution in [2.75, 3.05) is 19.6 Å².